The van der Waals surface area contributed by atoms with E-state index in [1.807, 2.05) is 0 Å². The van der Waals surface area contributed by atoms with Gasteiger partial charge in [0.25, 0.3) is 0 Å². The summed E-state index contributed by atoms with van der Waals surface area (Å²) in [5.41, 5.74) is 0.705. The van der Waals surface area contributed by atoms with Crippen molar-refractivity contribution in [1.82, 2.24) is 10.2 Å². The summed E-state index contributed by atoms with van der Waals surface area (Å²) in [5, 5.41) is 3.34. The maximum absolute atomic E-state index is 14.5. The fourth-order valence-corrected chi connectivity index (χ4v) is 2.93. The van der Waals surface area contributed by atoms with Crippen LogP contribution in [-0.4, -0.2) is 45.3 Å². The fourth-order valence-electron chi connectivity index (χ4n) is 2.93. The lowest BCUT2D eigenvalue weighted by molar-refractivity contribution is 0.161. The second-order valence-corrected chi connectivity index (χ2v) is 5.32. The molecule has 1 heterocycles. The summed E-state index contributed by atoms with van der Waals surface area (Å²) in [7, 11) is 3.11. The number of piperazine rings is 1. The summed E-state index contributed by atoms with van der Waals surface area (Å²) in [5.74, 6) is 0.809. The number of hydrogen-bond acceptors (Lipinski definition) is 4. The van der Waals surface area contributed by atoms with Crippen LogP contribution in [0.1, 0.15) is 31.4 Å². The molecule has 0 aliphatic carbocycles. The van der Waals surface area contributed by atoms with Gasteiger partial charge in [-0.1, -0.05) is 13.3 Å². The molecule has 21 heavy (non-hydrogen) atoms. The van der Waals surface area contributed by atoms with Gasteiger partial charge in [-0.3, -0.25) is 4.90 Å². The molecule has 4 nitrogen and oxygen atoms in total. The molecular formula is C16H25FN2O2. The van der Waals surface area contributed by atoms with Crippen LogP contribution in [0.15, 0.2) is 12.1 Å². The highest BCUT2D eigenvalue weighted by molar-refractivity contribution is 5.44. The van der Waals surface area contributed by atoms with E-state index >= 15 is 0 Å². The third kappa shape index (κ3) is 3.66. The molecular weight excluding hydrogens is 271 g/mol. The first-order chi connectivity index (χ1) is 10.2. The van der Waals surface area contributed by atoms with E-state index < -0.39 is 0 Å². The number of halogens is 1. The topological polar surface area (TPSA) is 33.7 Å². The van der Waals surface area contributed by atoms with E-state index in [1.165, 1.54) is 13.2 Å². The quantitative estimate of drug-likeness (QED) is 0.875. The predicted octanol–water partition coefficient (Wildman–Crippen LogP) is 2.59. The minimum absolute atomic E-state index is 0.0944. The van der Waals surface area contributed by atoms with Gasteiger partial charge in [-0.15, -0.1) is 0 Å². The molecule has 2 rings (SSSR count). The third-order valence-corrected chi connectivity index (χ3v) is 4.02. The highest BCUT2D eigenvalue weighted by Crippen LogP contribution is 2.36. The zero-order valence-electron chi connectivity index (χ0n) is 13.1. The molecule has 0 radical (unpaired) electrons. The molecule has 0 bridgehead atoms. The molecule has 1 atom stereocenters. The average Bonchev–Trinajstić information content (AvgIpc) is 2.53. The summed E-state index contributed by atoms with van der Waals surface area (Å²) in [6.45, 7) is 5.93. The Labute approximate surface area is 126 Å². The molecule has 0 saturated carbocycles. The molecule has 0 unspecified atom stereocenters. The first kappa shape index (κ1) is 16.0. The van der Waals surface area contributed by atoms with Crippen molar-refractivity contribution in [1.29, 1.82) is 0 Å². The van der Waals surface area contributed by atoms with Crippen LogP contribution in [0.2, 0.25) is 0 Å². The van der Waals surface area contributed by atoms with Crippen LogP contribution >= 0.6 is 0 Å². The number of nitrogens with zero attached hydrogens (tertiary/aromatic N) is 1. The minimum Gasteiger partial charge on any atom is -0.493 e. The SMILES string of the molecule is CCC[C@H](c1cc(OC)c(OC)cc1F)N1CCNCC1. The standard InChI is InChI=1S/C16H25FN2O2/c1-4-5-14(19-8-6-18-7-9-19)12-10-15(20-2)16(21-3)11-13(12)17/h10-11,14,18H,4-9H2,1-3H3/t14-/m1/s1. The van der Waals surface area contributed by atoms with Gasteiger partial charge >= 0.3 is 0 Å². The molecule has 1 fully saturated rings. The summed E-state index contributed by atoms with van der Waals surface area (Å²) < 4.78 is 25.0. The van der Waals surface area contributed by atoms with Crippen LogP contribution in [0.25, 0.3) is 0 Å². The van der Waals surface area contributed by atoms with E-state index in [0.717, 1.165) is 39.0 Å². The zero-order valence-corrected chi connectivity index (χ0v) is 13.1. The minimum atomic E-state index is -0.218. The number of hydrogen-bond donors (Lipinski definition) is 1. The summed E-state index contributed by atoms with van der Waals surface area (Å²) in [4.78, 5) is 2.35. The molecule has 1 aromatic carbocycles. The van der Waals surface area contributed by atoms with Crippen molar-refractivity contribution >= 4 is 0 Å². The van der Waals surface area contributed by atoms with Crippen molar-refractivity contribution in [3.8, 4) is 11.5 Å². The van der Waals surface area contributed by atoms with Crippen LogP contribution in [0.4, 0.5) is 4.39 Å². The molecule has 1 aromatic rings. The van der Waals surface area contributed by atoms with Crippen molar-refractivity contribution in [3.63, 3.8) is 0 Å². The van der Waals surface area contributed by atoms with Gasteiger partial charge in [-0.25, -0.2) is 4.39 Å². The lowest BCUT2D eigenvalue weighted by Gasteiger charge is -2.35. The Bertz CT molecular complexity index is 462. The number of benzene rings is 1. The van der Waals surface area contributed by atoms with Gasteiger partial charge in [-0.05, 0) is 12.5 Å². The van der Waals surface area contributed by atoms with E-state index in [0.29, 0.717) is 17.1 Å². The Kier molecular flexibility index (Phi) is 5.82. The average molecular weight is 296 g/mol. The molecule has 1 saturated heterocycles. The van der Waals surface area contributed by atoms with E-state index in [4.69, 9.17) is 9.47 Å². The van der Waals surface area contributed by atoms with Gasteiger partial charge in [-0.2, -0.15) is 0 Å². The predicted molar refractivity (Wildman–Crippen MR) is 81.6 cm³/mol. The lowest BCUT2D eigenvalue weighted by atomic mass is 9.98. The Hall–Kier alpha value is -1.33. The largest absolute Gasteiger partial charge is 0.493 e. The van der Waals surface area contributed by atoms with Gasteiger partial charge in [0.1, 0.15) is 5.82 Å². The van der Waals surface area contributed by atoms with Gasteiger partial charge in [0.2, 0.25) is 0 Å². The smallest absolute Gasteiger partial charge is 0.163 e. The fraction of sp³-hybridized carbons (Fsp3) is 0.625. The van der Waals surface area contributed by atoms with Crippen molar-refractivity contribution in [2.24, 2.45) is 0 Å². The van der Waals surface area contributed by atoms with E-state index in [2.05, 4.69) is 17.1 Å². The Balaban J connectivity index is 2.34. The number of ether oxygens (including phenoxy) is 2. The number of nitrogens with one attached hydrogen (secondary N) is 1. The molecule has 1 aliphatic rings. The maximum atomic E-state index is 14.5. The van der Waals surface area contributed by atoms with Crippen LogP contribution in [0, 0.1) is 5.82 Å². The maximum Gasteiger partial charge on any atom is 0.163 e. The summed E-state index contributed by atoms with van der Waals surface area (Å²) >= 11 is 0. The van der Waals surface area contributed by atoms with Gasteiger partial charge < -0.3 is 14.8 Å². The van der Waals surface area contributed by atoms with Crippen molar-refractivity contribution in [3.05, 3.63) is 23.5 Å². The van der Waals surface area contributed by atoms with Crippen LogP contribution in [0.5, 0.6) is 11.5 Å². The van der Waals surface area contributed by atoms with E-state index in [-0.39, 0.29) is 11.9 Å². The van der Waals surface area contributed by atoms with Crippen molar-refractivity contribution in [2.45, 2.75) is 25.8 Å². The molecule has 5 heteroatoms. The lowest BCUT2D eigenvalue weighted by Crippen LogP contribution is -2.45. The first-order valence-electron chi connectivity index (χ1n) is 7.57. The van der Waals surface area contributed by atoms with Gasteiger partial charge in [0.15, 0.2) is 11.5 Å². The normalized spacial score (nSPS) is 17.5. The molecule has 0 amide bonds. The molecule has 1 aliphatic heterocycles. The Morgan fingerprint density at radius 3 is 2.38 bits per heavy atom. The van der Waals surface area contributed by atoms with Crippen molar-refractivity contribution < 1.29 is 13.9 Å². The summed E-state index contributed by atoms with van der Waals surface area (Å²) in [6.07, 6.45) is 1.95. The van der Waals surface area contributed by atoms with Crippen LogP contribution < -0.4 is 14.8 Å². The van der Waals surface area contributed by atoms with Crippen LogP contribution in [-0.2, 0) is 0 Å². The molecule has 118 valence electrons. The molecule has 0 aromatic heterocycles. The second kappa shape index (κ2) is 7.61. The number of rotatable bonds is 6. The highest BCUT2D eigenvalue weighted by atomic mass is 19.1. The number of methoxy groups -OCH3 is 2. The van der Waals surface area contributed by atoms with Crippen LogP contribution in [0.3, 0.4) is 0 Å². The highest BCUT2D eigenvalue weighted by Gasteiger charge is 2.25. The summed E-state index contributed by atoms with van der Waals surface area (Å²) in [6, 6.07) is 3.31. The Morgan fingerprint density at radius 1 is 1.19 bits per heavy atom. The van der Waals surface area contributed by atoms with Gasteiger partial charge in [0, 0.05) is 43.9 Å². The molecule has 0 spiro atoms. The second-order valence-electron chi connectivity index (χ2n) is 5.32. The first-order valence-corrected chi connectivity index (χ1v) is 7.57. The Morgan fingerprint density at radius 2 is 1.81 bits per heavy atom. The zero-order chi connectivity index (χ0) is 15.2. The van der Waals surface area contributed by atoms with E-state index in [1.54, 1.807) is 13.2 Å². The monoisotopic (exact) mass is 296 g/mol. The van der Waals surface area contributed by atoms with E-state index in [9.17, 15) is 4.39 Å². The third-order valence-electron chi connectivity index (χ3n) is 4.02. The van der Waals surface area contributed by atoms with Crippen molar-refractivity contribution in [2.75, 3.05) is 40.4 Å². The van der Waals surface area contributed by atoms with Gasteiger partial charge in [0.05, 0.1) is 14.2 Å². The molecule has 1 N–H and O–H groups in total.